The molecular formula is C20H39ClN2O2Si. The van der Waals surface area contributed by atoms with Crippen molar-refractivity contribution < 1.29 is 9.22 Å². The van der Waals surface area contributed by atoms with Gasteiger partial charge in [0.15, 0.2) is 8.32 Å². The number of rotatable bonds is 8. The van der Waals surface area contributed by atoms with E-state index in [1.54, 1.807) is 6.20 Å². The van der Waals surface area contributed by atoms with E-state index in [9.17, 15) is 4.79 Å². The smallest absolute Gasteiger partial charge is 0.241 e. The Morgan fingerprint density at radius 2 is 1.73 bits per heavy atom. The SMILES string of the molecule is C/C(Cl)=C\C[C@H](C/C=C\NC(=O)[C@@H](N)C(C)(C)C)O[Si](C)(C)C(C)(C)C. The number of carbonyl (C=O) groups excluding carboxylic acids is 1. The van der Waals surface area contributed by atoms with Crippen LogP contribution in [0.5, 0.6) is 0 Å². The molecular weight excluding hydrogens is 364 g/mol. The maximum absolute atomic E-state index is 12.1. The topological polar surface area (TPSA) is 64.4 Å². The molecule has 152 valence electrons. The van der Waals surface area contributed by atoms with Crippen LogP contribution in [0.3, 0.4) is 0 Å². The van der Waals surface area contributed by atoms with Gasteiger partial charge in [-0.3, -0.25) is 4.79 Å². The molecule has 0 saturated heterocycles. The second-order valence-electron chi connectivity index (χ2n) is 9.52. The molecule has 0 radical (unpaired) electrons. The molecule has 0 rings (SSSR count). The first kappa shape index (κ1) is 25.4. The van der Waals surface area contributed by atoms with Crippen molar-refractivity contribution in [3.63, 3.8) is 0 Å². The highest BCUT2D eigenvalue weighted by Gasteiger charge is 2.38. The fourth-order valence-corrected chi connectivity index (χ4v) is 3.39. The van der Waals surface area contributed by atoms with Gasteiger partial charge >= 0.3 is 0 Å². The van der Waals surface area contributed by atoms with Crippen molar-refractivity contribution in [2.45, 2.75) is 91.6 Å². The lowest BCUT2D eigenvalue weighted by Gasteiger charge is -2.39. The van der Waals surface area contributed by atoms with Crippen LogP contribution in [0.1, 0.15) is 61.3 Å². The molecule has 0 aliphatic rings. The average molecular weight is 403 g/mol. The highest BCUT2D eigenvalue weighted by molar-refractivity contribution is 6.74. The highest BCUT2D eigenvalue weighted by atomic mass is 35.5. The Morgan fingerprint density at radius 1 is 1.19 bits per heavy atom. The first-order chi connectivity index (χ1) is 11.6. The molecule has 0 fully saturated rings. The highest BCUT2D eigenvalue weighted by Crippen LogP contribution is 2.38. The number of amides is 1. The standard InChI is InChI=1S/C20H39ClN2O2Si/c1-15(21)12-13-16(25-26(8,9)20(5,6)7)11-10-14-23-18(24)17(22)19(2,3)4/h10,12,14,16-17H,11,13,22H2,1-9H3,(H,23,24)/b14-10-,15-12+/t16-,17+/m0/s1. The Balaban J connectivity index is 4.89. The van der Waals surface area contributed by atoms with E-state index in [-0.39, 0.29) is 22.5 Å². The third kappa shape index (κ3) is 9.35. The molecule has 0 unspecified atom stereocenters. The van der Waals surface area contributed by atoms with Gasteiger partial charge in [-0.1, -0.05) is 65.3 Å². The Kier molecular flexibility index (Phi) is 9.83. The Hall–Kier alpha value is -0.623. The molecule has 0 bridgehead atoms. The Morgan fingerprint density at radius 3 is 2.15 bits per heavy atom. The van der Waals surface area contributed by atoms with Gasteiger partial charge in [-0.15, -0.1) is 0 Å². The predicted molar refractivity (Wildman–Crippen MR) is 116 cm³/mol. The maximum Gasteiger partial charge on any atom is 0.241 e. The molecule has 0 aliphatic heterocycles. The summed E-state index contributed by atoms with van der Waals surface area (Å²) >= 11 is 5.99. The molecule has 0 heterocycles. The van der Waals surface area contributed by atoms with Gasteiger partial charge in [0.05, 0.1) is 12.1 Å². The van der Waals surface area contributed by atoms with Gasteiger partial charge in [-0.2, -0.15) is 0 Å². The number of nitrogens with one attached hydrogen (secondary N) is 1. The van der Waals surface area contributed by atoms with E-state index in [0.717, 1.165) is 11.5 Å². The third-order valence-electron chi connectivity index (χ3n) is 4.89. The van der Waals surface area contributed by atoms with Crippen LogP contribution in [0.2, 0.25) is 18.1 Å². The number of hydrogen-bond donors (Lipinski definition) is 2. The number of allylic oxidation sites excluding steroid dienone is 1. The van der Waals surface area contributed by atoms with Crippen LogP contribution in [0.25, 0.3) is 0 Å². The summed E-state index contributed by atoms with van der Waals surface area (Å²) < 4.78 is 6.51. The zero-order valence-corrected chi connectivity index (χ0v) is 19.8. The molecule has 2 atom stereocenters. The second kappa shape index (κ2) is 10.1. The van der Waals surface area contributed by atoms with Crippen LogP contribution in [0.4, 0.5) is 0 Å². The maximum atomic E-state index is 12.1. The fraction of sp³-hybridized carbons (Fsp3) is 0.750. The summed E-state index contributed by atoms with van der Waals surface area (Å²) in [5.41, 5.74) is 5.69. The molecule has 4 nitrogen and oxygen atoms in total. The number of hydrogen-bond acceptors (Lipinski definition) is 3. The largest absolute Gasteiger partial charge is 0.413 e. The summed E-state index contributed by atoms with van der Waals surface area (Å²) in [5, 5.41) is 3.68. The van der Waals surface area contributed by atoms with Crippen molar-refractivity contribution in [1.82, 2.24) is 5.32 Å². The molecule has 3 N–H and O–H groups in total. The molecule has 0 aliphatic carbocycles. The van der Waals surface area contributed by atoms with Gasteiger partial charge in [-0.05, 0) is 49.5 Å². The molecule has 0 aromatic rings. The lowest BCUT2D eigenvalue weighted by molar-refractivity contribution is -0.123. The number of carbonyl (C=O) groups is 1. The van der Waals surface area contributed by atoms with Crippen molar-refractivity contribution >= 4 is 25.8 Å². The number of halogens is 1. The Bertz CT molecular complexity index is 513. The zero-order valence-electron chi connectivity index (χ0n) is 18.1. The van der Waals surface area contributed by atoms with Gasteiger partial charge < -0.3 is 15.5 Å². The summed E-state index contributed by atoms with van der Waals surface area (Å²) in [6.45, 7) is 18.9. The molecule has 0 aromatic carbocycles. The first-order valence-electron chi connectivity index (χ1n) is 9.29. The average Bonchev–Trinajstić information content (AvgIpc) is 2.45. The summed E-state index contributed by atoms with van der Waals surface area (Å²) in [7, 11) is -1.88. The van der Waals surface area contributed by atoms with Gasteiger partial charge in [0.1, 0.15) is 0 Å². The molecule has 0 spiro atoms. The minimum Gasteiger partial charge on any atom is -0.413 e. The zero-order chi connectivity index (χ0) is 20.8. The predicted octanol–water partition coefficient (Wildman–Crippen LogP) is 5.30. The number of nitrogens with two attached hydrogens (primary N) is 1. The molecule has 1 amide bonds. The van der Waals surface area contributed by atoms with E-state index < -0.39 is 14.4 Å². The summed E-state index contributed by atoms with van der Waals surface area (Å²) in [6.07, 6.45) is 7.09. The summed E-state index contributed by atoms with van der Waals surface area (Å²) in [6, 6.07) is -0.548. The van der Waals surface area contributed by atoms with Crippen LogP contribution >= 0.6 is 11.6 Å². The van der Waals surface area contributed by atoms with Crippen molar-refractivity contribution in [2.75, 3.05) is 0 Å². The van der Waals surface area contributed by atoms with E-state index in [1.165, 1.54) is 0 Å². The fourth-order valence-electron chi connectivity index (χ4n) is 1.92. The van der Waals surface area contributed by atoms with Gasteiger partial charge in [0, 0.05) is 5.03 Å². The van der Waals surface area contributed by atoms with E-state index in [4.69, 9.17) is 21.8 Å². The van der Waals surface area contributed by atoms with E-state index in [1.807, 2.05) is 39.8 Å². The molecule has 0 aromatic heterocycles. The first-order valence-corrected chi connectivity index (χ1v) is 12.6. The van der Waals surface area contributed by atoms with Crippen molar-refractivity contribution in [2.24, 2.45) is 11.1 Å². The van der Waals surface area contributed by atoms with Crippen LogP contribution < -0.4 is 11.1 Å². The molecule has 6 heteroatoms. The third-order valence-corrected chi connectivity index (χ3v) is 9.58. The van der Waals surface area contributed by atoms with E-state index in [0.29, 0.717) is 6.42 Å². The molecule has 26 heavy (non-hydrogen) atoms. The second-order valence-corrected chi connectivity index (χ2v) is 14.9. The summed E-state index contributed by atoms with van der Waals surface area (Å²) in [4.78, 5) is 12.1. The van der Waals surface area contributed by atoms with Gasteiger partial charge in [0.25, 0.3) is 0 Å². The Labute approximate surface area is 166 Å². The van der Waals surface area contributed by atoms with Crippen LogP contribution in [0, 0.1) is 5.41 Å². The van der Waals surface area contributed by atoms with Gasteiger partial charge in [-0.25, -0.2) is 0 Å². The van der Waals surface area contributed by atoms with Crippen LogP contribution in [0.15, 0.2) is 23.4 Å². The van der Waals surface area contributed by atoms with E-state index in [2.05, 4.69) is 39.2 Å². The van der Waals surface area contributed by atoms with Gasteiger partial charge in [0.2, 0.25) is 5.91 Å². The minimum absolute atomic E-state index is 0.0361. The van der Waals surface area contributed by atoms with E-state index >= 15 is 0 Å². The summed E-state index contributed by atoms with van der Waals surface area (Å²) in [5.74, 6) is -0.174. The van der Waals surface area contributed by atoms with Crippen molar-refractivity contribution in [1.29, 1.82) is 0 Å². The van der Waals surface area contributed by atoms with Crippen molar-refractivity contribution in [3.05, 3.63) is 23.4 Å². The quantitative estimate of drug-likeness (QED) is 0.541. The lowest BCUT2D eigenvalue weighted by Crippen LogP contribution is -2.47. The van der Waals surface area contributed by atoms with Crippen LogP contribution in [-0.4, -0.2) is 26.4 Å². The molecule has 0 saturated carbocycles. The van der Waals surface area contributed by atoms with Crippen molar-refractivity contribution in [3.8, 4) is 0 Å². The minimum atomic E-state index is -1.88. The lowest BCUT2D eigenvalue weighted by atomic mass is 9.87. The van der Waals surface area contributed by atoms with Crippen LogP contribution in [-0.2, 0) is 9.22 Å². The normalized spacial score (nSPS) is 16.7. The monoisotopic (exact) mass is 402 g/mol.